The number of ether oxygens (including phenoxy) is 1. The third-order valence-electron chi connectivity index (χ3n) is 4.37. The van der Waals surface area contributed by atoms with Crippen LogP contribution in [0.4, 0.5) is 20.2 Å². The molecular weight excluding hydrogens is 398 g/mol. The Labute approximate surface area is 174 Å². The molecule has 1 aromatic carbocycles. The number of halogens is 2. The molecule has 1 fully saturated rings. The zero-order valence-corrected chi connectivity index (χ0v) is 17.4. The number of nitrogens with one attached hydrogen (secondary N) is 1. The van der Waals surface area contributed by atoms with Crippen molar-refractivity contribution in [3.63, 3.8) is 0 Å². The van der Waals surface area contributed by atoms with Gasteiger partial charge in [0.25, 0.3) is 18.2 Å². The van der Waals surface area contributed by atoms with E-state index in [1.165, 1.54) is 0 Å². The van der Waals surface area contributed by atoms with Crippen molar-refractivity contribution in [2.75, 3.05) is 43.1 Å². The van der Waals surface area contributed by atoms with Crippen LogP contribution < -0.4 is 16.0 Å². The zero-order chi connectivity index (χ0) is 22.5. The Kier molecular flexibility index (Phi) is 7.85. The second-order valence-electron chi connectivity index (χ2n) is 8.32. The summed E-state index contributed by atoms with van der Waals surface area (Å²) >= 11 is 0. The SMILES string of the molecule is CC(C)(C)CN(CC(F)F)[C@@H](C(N)=O)C(=O)Nc1ccc(N2CCOCC2=O)cc1. The Balaban J connectivity index is 2.15. The van der Waals surface area contributed by atoms with Crippen molar-refractivity contribution < 1.29 is 27.9 Å². The van der Waals surface area contributed by atoms with E-state index in [9.17, 15) is 23.2 Å². The first-order valence-electron chi connectivity index (χ1n) is 9.58. The lowest BCUT2D eigenvalue weighted by atomic mass is 9.95. The molecule has 1 aromatic rings. The minimum absolute atomic E-state index is 0.00648. The first-order valence-corrected chi connectivity index (χ1v) is 9.58. The molecule has 1 heterocycles. The fraction of sp³-hybridized carbons (Fsp3) is 0.550. The number of amides is 3. The van der Waals surface area contributed by atoms with Crippen molar-refractivity contribution in [1.82, 2.24) is 4.90 Å². The molecule has 166 valence electrons. The molecule has 30 heavy (non-hydrogen) atoms. The molecule has 0 bridgehead atoms. The smallest absolute Gasteiger partial charge is 0.253 e. The molecule has 3 N–H and O–H groups in total. The molecule has 0 saturated carbocycles. The lowest BCUT2D eigenvalue weighted by molar-refractivity contribution is -0.134. The van der Waals surface area contributed by atoms with Crippen molar-refractivity contribution in [1.29, 1.82) is 0 Å². The number of carbonyl (C=O) groups excluding carboxylic acids is 3. The summed E-state index contributed by atoms with van der Waals surface area (Å²) in [7, 11) is 0. The molecule has 1 saturated heterocycles. The first-order chi connectivity index (χ1) is 14.0. The molecule has 0 radical (unpaired) electrons. The summed E-state index contributed by atoms with van der Waals surface area (Å²) in [5.74, 6) is -1.97. The maximum absolute atomic E-state index is 13.1. The van der Waals surface area contributed by atoms with E-state index in [1.807, 2.05) is 20.8 Å². The highest BCUT2D eigenvalue weighted by Gasteiger charge is 2.35. The van der Waals surface area contributed by atoms with Gasteiger partial charge < -0.3 is 20.7 Å². The number of alkyl halides is 2. The monoisotopic (exact) mass is 426 g/mol. The van der Waals surface area contributed by atoms with Crippen molar-refractivity contribution in [2.24, 2.45) is 11.1 Å². The minimum Gasteiger partial charge on any atom is -0.370 e. The zero-order valence-electron chi connectivity index (χ0n) is 17.4. The van der Waals surface area contributed by atoms with Gasteiger partial charge in [-0.2, -0.15) is 0 Å². The van der Waals surface area contributed by atoms with E-state index in [0.29, 0.717) is 24.5 Å². The summed E-state index contributed by atoms with van der Waals surface area (Å²) in [6, 6.07) is 4.87. The summed E-state index contributed by atoms with van der Waals surface area (Å²) in [6.07, 6.45) is -2.73. The van der Waals surface area contributed by atoms with Crippen LogP contribution in [0.3, 0.4) is 0 Å². The third-order valence-corrected chi connectivity index (χ3v) is 4.37. The number of hydrogen-bond acceptors (Lipinski definition) is 5. The fourth-order valence-corrected chi connectivity index (χ4v) is 3.25. The van der Waals surface area contributed by atoms with Gasteiger partial charge in [0.1, 0.15) is 6.61 Å². The van der Waals surface area contributed by atoms with E-state index in [0.717, 1.165) is 4.90 Å². The predicted molar refractivity (Wildman–Crippen MR) is 108 cm³/mol. The van der Waals surface area contributed by atoms with Crippen LogP contribution in [0.5, 0.6) is 0 Å². The van der Waals surface area contributed by atoms with Gasteiger partial charge in [0, 0.05) is 24.5 Å². The first kappa shape index (κ1) is 23.7. The molecular formula is C20H28F2N4O4. The highest BCUT2D eigenvalue weighted by Crippen LogP contribution is 2.22. The second kappa shape index (κ2) is 9.94. The largest absolute Gasteiger partial charge is 0.370 e. The Hall–Kier alpha value is -2.59. The van der Waals surface area contributed by atoms with Crippen LogP contribution >= 0.6 is 0 Å². The highest BCUT2D eigenvalue weighted by atomic mass is 19.3. The number of rotatable bonds is 8. The van der Waals surface area contributed by atoms with Gasteiger partial charge in [-0.25, -0.2) is 8.78 Å². The number of primary amides is 1. The van der Waals surface area contributed by atoms with Gasteiger partial charge in [-0.15, -0.1) is 0 Å². The van der Waals surface area contributed by atoms with Crippen LogP contribution in [0.15, 0.2) is 24.3 Å². The number of morpholine rings is 1. The average Bonchev–Trinajstić information content (AvgIpc) is 2.60. The van der Waals surface area contributed by atoms with Crippen LogP contribution in [0, 0.1) is 5.41 Å². The van der Waals surface area contributed by atoms with Gasteiger partial charge in [0.2, 0.25) is 5.91 Å². The molecule has 1 aliphatic rings. The van der Waals surface area contributed by atoms with Crippen molar-refractivity contribution in [2.45, 2.75) is 33.2 Å². The number of nitrogens with zero attached hydrogens (tertiary/aromatic N) is 2. The predicted octanol–water partition coefficient (Wildman–Crippen LogP) is 1.46. The Morgan fingerprint density at radius 2 is 1.90 bits per heavy atom. The van der Waals surface area contributed by atoms with E-state index in [1.54, 1.807) is 29.2 Å². The number of hydrogen-bond donors (Lipinski definition) is 2. The Morgan fingerprint density at radius 3 is 2.40 bits per heavy atom. The fourth-order valence-electron chi connectivity index (χ4n) is 3.25. The van der Waals surface area contributed by atoms with E-state index in [2.05, 4.69) is 5.32 Å². The van der Waals surface area contributed by atoms with Gasteiger partial charge in [0.15, 0.2) is 6.04 Å². The lowest BCUT2D eigenvalue weighted by Gasteiger charge is -2.33. The summed E-state index contributed by atoms with van der Waals surface area (Å²) in [5.41, 5.74) is 5.94. The van der Waals surface area contributed by atoms with Crippen LogP contribution in [0.1, 0.15) is 20.8 Å². The Morgan fingerprint density at radius 1 is 1.27 bits per heavy atom. The molecule has 1 aliphatic heterocycles. The number of benzene rings is 1. The molecule has 0 aromatic heterocycles. The van der Waals surface area contributed by atoms with E-state index in [-0.39, 0.29) is 19.1 Å². The molecule has 0 spiro atoms. The Bertz CT molecular complexity index is 765. The van der Waals surface area contributed by atoms with Crippen molar-refractivity contribution in [3.8, 4) is 0 Å². The van der Waals surface area contributed by atoms with E-state index in [4.69, 9.17) is 10.5 Å². The number of carbonyl (C=O) groups is 3. The van der Waals surface area contributed by atoms with Gasteiger partial charge in [0.05, 0.1) is 13.2 Å². The van der Waals surface area contributed by atoms with Gasteiger partial charge >= 0.3 is 0 Å². The summed E-state index contributed by atoms with van der Waals surface area (Å²) in [6.45, 7) is 5.62. The minimum atomic E-state index is -2.73. The third kappa shape index (κ3) is 6.74. The van der Waals surface area contributed by atoms with Gasteiger partial charge in [-0.3, -0.25) is 19.3 Å². The van der Waals surface area contributed by atoms with Crippen LogP contribution in [-0.4, -0.2) is 67.9 Å². The number of nitrogens with two attached hydrogens (primary N) is 1. The van der Waals surface area contributed by atoms with Crippen LogP contribution in [0.25, 0.3) is 0 Å². The quantitative estimate of drug-likeness (QED) is 0.613. The normalized spacial score (nSPS) is 16.1. The maximum atomic E-state index is 13.1. The summed E-state index contributed by atoms with van der Waals surface area (Å²) in [4.78, 5) is 39.3. The summed E-state index contributed by atoms with van der Waals surface area (Å²) in [5, 5.41) is 2.55. The second-order valence-corrected chi connectivity index (χ2v) is 8.32. The number of anilines is 2. The van der Waals surface area contributed by atoms with Gasteiger partial charge in [-0.05, 0) is 29.7 Å². The molecule has 3 amide bonds. The average molecular weight is 426 g/mol. The molecule has 10 heteroatoms. The molecule has 2 rings (SSSR count). The maximum Gasteiger partial charge on any atom is 0.253 e. The topological polar surface area (TPSA) is 105 Å². The standard InChI is InChI=1S/C20H28F2N4O4/c1-20(2,3)12-25(10-15(21)22)17(18(23)28)19(29)24-13-4-6-14(7-5-13)26-8-9-30-11-16(26)27/h4-7,15,17H,8-12H2,1-3H3,(H2,23,28)(H,24,29)/t17-/m0/s1. The highest BCUT2D eigenvalue weighted by molar-refractivity contribution is 6.09. The van der Waals surface area contributed by atoms with E-state index < -0.39 is 36.2 Å². The summed E-state index contributed by atoms with van der Waals surface area (Å²) < 4.78 is 31.2. The molecule has 0 unspecified atom stereocenters. The van der Waals surface area contributed by atoms with Crippen molar-refractivity contribution in [3.05, 3.63) is 24.3 Å². The molecule has 1 atom stereocenters. The van der Waals surface area contributed by atoms with Gasteiger partial charge in [-0.1, -0.05) is 20.8 Å². The van der Waals surface area contributed by atoms with E-state index >= 15 is 0 Å². The van der Waals surface area contributed by atoms with Crippen molar-refractivity contribution >= 4 is 29.1 Å². The molecule has 0 aliphatic carbocycles. The lowest BCUT2D eigenvalue weighted by Crippen LogP contribution is -2.55. The van der Waals surface area contributed by atoms with Crippen LogP contribution in [-0.2, 0) is 19.1 Å². The van der Waals surface area contributed by atoms with Crippen LogP contribution in [0.2, 0.25) is 0 Å². The molecule has 8 nitrogen and oxygen atoms in total.